The number of aromatic nitrogens is 2. The average molecular weight is 390 g/mol. The van der Waals surface area contributed by atoms with E-state index in [0.717, 1.165) is 18.4 Å². The minimum Gasteiger partial charge on any atom is -0.495 e. The minimum atomic E-state index is -0.582. The second-order valence-corrected chi connectivity index (χ2v) is 7.46. The Hall–Kier alpha value is -2.58. The molecule has 1 saturated carbocycles. The van der Waals surface area contributed by atoms with Gasteiger partial charge in [0.05, 0.1) is 28.9 Å². The molecule has 1 aromatic carbocycles. The first-order chi connectivity index (χ1) is 12.5. The van der Waals surface area contributed by atoms with Gasteiger partial charge in [-0.3, -0.25) is 4.79 Å². The van der Waals surface area contributed by atoms with Gasteiger partial charge in [-0.05, 0) is 25.0 Å². The summed E-state index contributed by atoms with van der Waals surface area (Å²) in [6, 6.07) is 5.73. The number of nitrogens with two attached hydrogens (primary N) is 2. The van der Waals surface area contributed by atoms with Crippen LogP contribution in [0.1, 0.15) is 22.5 Å². The molecule has 0 unspecified atom stereocenters. The number of nitrogens with one attached hydrogen (secondary N) is 1. The van der Waals surface area contributed by atoms with Crippen molar-refractivity contribution in [3.63, 3.8) is 0 Å². The largest absolute Gasteiger partial charge is 0.495 e. The zero-order valence-electron chi connectivity index (χ0n) is 13.9. The summed E-state index contributed by atoms with van der Waals surface area (Å²) in [6.45, 7) is 0. The van der Waals surface area contributed by atoms with Crippen LogP contribution < -0.4 is 21.5 Å². The molecule has 134 valence electrons. The van der Waals surface area contributed by atoms with Crippen molar-refractivity contribution in [2.45, 2.75) is 18.9 Å². The third-order valence-electron chi connectivity index (χ3n) is 4.15. The molecule has 0 radical (unpaired) electrons. The van der Waals surface area contributed by atoms with Crippen molar-refractivity contribution in [1.29, 1.82) is 0 Å². The van der Waals surface area contributed by atoms with Crippen LogP contribution in [0.25, 0.3) is 21.5 Å². The fourth-order valence-corrected chi connectivity index (χ4v) is 3.84. The van der Waals surface area contributed by atoms with Gasteiger partial charge in [0.1, 0.15) is 15.5 Å². The lowest BCUT2D eigenvalue weighted by molar-refractivity contribution is 0.100. The summed E-state index contributed by atoms with van der Waals surface area (Å²) in [6.07, 6.45) is 2.18. The fourth-order valence-electron chi connectivity index (χ4n) is 2.70. The molecule has 1 fully saturated rings. The number of fused-ring (bicyclic) bond motifs is 1. The molecule has 1 amide bonds. The highest BCUT2D eigenvalue weighted by molar-refractivity contribution is 7.21. The SMILES string of the molecule is COc1cc(-c2nc(NC3CC3)nc3sc(C(N)=O)c(N)c23)ccc1Cl. The van der Waals surface area contributed by atoms with Crippen LogP contribution in [-0.4, -0.2) is 29.0 Å². The lowest BCUT2D eigenvalue weighted by Gasteiger charge is -2.10. The van der Waals surface area contributed by atoms with Gasteiger partial charge in [-0.15, -0.1) is 11.3 Å². The highest BCUT2D eigenvalue weighted by Gasteiger charge is 2.25. The van der Waals surface area contributed by atoms with Gasteiger partial charge in [0.25, 0.3) is 5.91 Å². The Morgan fingerprint density at radius 1 is 1.38 bits per heavy atom. The number of primary amides is 1. The summed E-state index contributed by atoms with van der Waals surface area (Å²) in [5, 5.41) is 4.39. The maximum atomic E-state index is 11.7. The van der Waals surface area contributed by atoms with Gasteiger partial charge < -0.3 is 21.5 Å². The Labute approximate surface area is 158 Å². The molecular formula is C17H16ClN5O2S. The van der Waals surface area contributed by atoms with Gasteiger partial charge in [0.2, 0.25) is 5.95 Å². The number of anilines is 2. The van der Waals surface area contributed by atoms with Crippen LogP contribution in [0.4, 0.5) is 11.6 Å². The van der Waals surface area contributed by atoms with Crippen molar-refractivity contribution in [3.8, 4) is 17.0 Å². The Morgan fingerprint density at radius 3 is 2.81 bits per heavy atom. The number of methoxy groups -OCH3 is 1. The van der Waals surface area contributed by atoms with Crippen LogP contribution >= 0.6 is 22.9 Å². The molecule has 0 spiro atoms. The van der Waals surface area contributed by atoms with Crippen LogP contribution in [0.3, 0.4) is 0 Å². The first-order valence-electron chi connectivity index (χ1n) is 7.98. The highest BCUT2D eigenvalue weighted by atomic mass is 35.5. The predicted octanol–water partition coefficient (Wildman–Crippen LogP) is 3.28. The number of ether oxygens (including phenoxy) is 1. The van der Waals surface area contributed by atoms with E-state index in [1.54, 1.807) is 19.2 Å². The molecule has 2 heterocycles. The molecule has 0 saturated heterocycles. The number of halogens is 1. The maximum Gasteiger partial charge on any atom is 0.260 e. The summed E-state index contributed by atoms with van der Waals surface area (Å²) in [7, 11) is 1.55. The van der Waals surface area contributed by atoms with E-state index in [2.05, 4.69) is 15.3 Å². The Kier molecular flexibility index (Phi) is 4.08. The summed E-state index contributed by atoms with van der Waals surface area (Å²) >= 11 is 7.30. The zero-order chi connectivity index (χ0) is 18.4. The molecule has 7 nitrogen and oxygen atoms in total. The molecule has 9 heteroatoms. The third kappa shape index (κ3) is 2.91. The van der Waals surface area contributed by atoms with Gasteiger partial charge in [-0.2, -0.15) is 0 Å². The summed E-state index contributed by atoms with van der Waals surface area (Å²) < 4.78 is 5.30. The van der Waals surface area contributed by atoms with E-state index < -0.39 is 5.91 Å². The zero-order valence-corrected chi connectivity index (χ0v) is 15.4. The number of thiophene rings is 1. The van der Waals surface area contributed by atoms with Crippen LogP contribution in [0.2, 0.25) is 5.02 Å². The molecule has 1 aliphatic carbocycles. The van der Waals surface area contributed by atoms with E-state index in [1.807, 2.05) is 6.07 Å². The second kappa shape index (κ2) is 6.30. The normalized spacial score (nSPS) is 13.8. The Bertz CT molecular complexity index is 1030. The molecule has 0 aliphatic heterocycles. The first kappa shape index (κ1) is 16.9. The van der Waals surface area contributed by atoms with Crippen molar-refractivity contribution >= 4 is 50.7 Å². The smallest absolute Gasteiger partial charge is 0.260 e. The highest BCUT2D eigenvalue weighted by Crippen LogP contribution is 2.40. The van der Waals surface area contributed by atoms with Crippen molar-refractivity contribution in [1.82, 2.24) is 9.97 Å². The summed E-state index contributed by atoms with van der Waals surface area (Å²) in [4.78, 5) is 21.8. The first-order valence-corrected chi connectivity index (χ1v) is 9.17. The van der Waals surface area contributed by atoms with Crippen LogP contribution in [0, 0.1) is 0 Å². The molecule has 0 bridgehead atoms. The van der Waals surface area contributed by atoms with E-state index in [0.29, 0.717) is 44.4 Å². The number of hydrogen-bond acceptors (Lipinski definition) is 7. The number of amides is 1. The maximum absolute atomic E-state index is 11.7. The van der Waals surface area contributed by atoms with Gasteiger partial charge >= 0.3 is 0 Å². The van der Waals surface area contributed by atoms with Gasteiger partial charge in [-0.25, -0.2) is 9.97 Å². The Morgan fingerprint density at radius 2 is 2.15 bits per heavy atom. The van der Waals surface area contributed by atoms with Crippen molar-refractivity contribution in [2.24, 2.45) is 5.73 Å². The molecule has 4 rings (SSSR count). The molecule has 1 aliphatic rings. The van der Waals surface area contributed by atoms with E-state index >= 15 is 0 Å². The number of nitrogens with zero attached hydrogens (tertiary/aromatic N) is 2. The van der Waals surface area contributed by atoms with Crippen molar-refractivity contribution in [2.75, 3.05) is 18.2 Å². The van der Waals surface area contributed by atoms with E-state index in [-0.39, 0.29) is 4.88 Å². The van der Waals surface area contributed by atoms with Gasteiger partial charge in [-0.1, -0.05) is 17.7 Å². The van der Waals surface area contributed by atoms with Gasteiger partial charge in [0.15, 0.2) is 0 Å². The molecular weight excluding hydrogens is 374 g/mol. The molecule has 3 aromatic rings. The van der Waals surface area contributed by atoms with Crippen molar-refractivity contribution < 1.29 is 9.53 Å². The molecule has 2 aromatic heterocycles. The Balaban J connectivity index is 1.96. The topological polar surface area (TPSA) is 116 Å². The van der Waals surface area contributed by atoms with Gasteiger partial charge in [0, 0.05) is 11.6 Å². The van der Waals surface area contributed by atoms with Crippen LogP contribution in [0.15, 0.2) is 18.2 Å². The predicted molar refractivity (Wildman–Crippen MR) is 104 cm³/mol. The number of hydrogen-bond donors (Lipinski definition) is 3. The monoisotopic (exact) mass is 389 g/mol. The fraction of sp³-hybridized carbons (Fsp3) is 0.235. The van der Waals surface area contributed by atoms with E-state index in [1.165, 1.54) is 11.3 Å². The number of carbonyl (C=O) groups excluding carboxylic acids is 1. The summed E-state index contributed by atoms with van der Waals surface area (Å²) in [5.41, 5.74) is 13.3. The number of benzene rings is 1. The molecule has 26 heavy (non-hydrogen) atoms. The quantitative estimate of drug-likeness (QED) is 0.616. The van der Waals surface area contributed by atoms with Crippen LogP contribution in [0.5, 0.6) is 5.75 Å². The standard InChI is InChI=1S/C17H16ClN5O2S/c1-25-10-6-7(2-5-9(10)18)13-11-12(19)14(15(20)24)26-16(11)23-17(22-13)21-8-3-4-8/h2,5-6,8H,3-4,19H2,1H3,(H2,20,24)(H,21,22,23). The third-order valence-corrected chi connectivity index (χ3v) is 5.57. The lowest BCUT2D eigenvalue weighted by Crippen LogP contribution is -2.10. The van der Waals surface area contributed by atoms with E-state index in [4.69, 9.17) is 27.8 Å². The summed E-state index contributed by atoms with van der Waals surface area (Å²) in [5.74, 6) is 0.444. The molecule has 5 N–H and O–H groups in total. The van der Waals surface area contributed by atoms with E-state index in [9.17, 15) is 4.79 Å². The number of rotatable bonds is 5. The van der Waals surface area contributed by atoms with Crippen molar-refractivity contribution in [3.05, 3.63) is 28.1 Å². The van der Waals surface area contributed by atoms with Crippen LogP contribution in [-0.2, 0) is 0 Å². The molecule has 0 atom stereocenters. The minimum absolute atomic E-state index is 0.278. The lowest BCUT2D eigenvalue weighted by atomic mass is 10.1. The second-order valence-electron chi connectivity index (χ2n) is 6.05. The number of nitrogen functional groups attached to an aromatic ring is 1. The number of carbonyl (C=O) groups is 1. The average Bonchev–Trinajstić information content (AvgIpc) is 3.36.